The zero-order chi connectivity index (χ0) is 16.1. The van der Waals surface area contributed by atoms with Crippen LogP contribution in [0.3, 0.4) is 0 Å². The molecule has 0 unspecified atom stereocenters. The maximum Gasteiger partial charge on any atom is 0.257 e. The van der Waals surface area contributed by atoms with Gasteiger partial charge in [0.05, 0.1) is 12.1 Å². The number of aromatic nitrogens is 1. The van der Waals surface area contributed by atoms with Gasteiger partial charge in [-0.2, -0.15) is 0 Å². The van der Waals surface area contributed by atoms with Crippen LogP contribution in [0.15, 0.2) is 29.6 Å². The normalized spacial score (nSPS) is 10.5. The van der Waals surface area contributed by atoms with Crippen LogP contribution in [0.5, 0.6) is 0 Å². The number of benzene rings is 1. The topological polar surface area (TPSA) is 71.1 Å². The van der Waals surface area contributed by atoms with Gasteiger partial charge in [-0.15, -0.1) is 11.3 Å². The molecule has 5 nitrogen and oxygen atoms in total. The van der Waals surface area contributed by atoms with E-state index < -0.39 is 5.82 Å². The molecule has 2 rings (SSSR count). The molecule has 22 heavy (non-hydrogen) atoms. The third-order valence-electron chi connectivity index (χ3n) is 2.67. The second-order valence-corrected chi connectivity index (χ2v) is 5.86. The summed E-state index contributed by atoms with van der Waals surface area (Å²) in [6, 6.07) is 5.31. The molecule has 0 aliphatic carbocycles. The van der Waals surface area contributed by atoms with E-state index in [9.17, 15) is 14.0 Å². The average molecular weight is 321 g/mol. The number of rotatable bonds is 5. The van der Waals surface area contributed by atoms with Crippen LogP contribution in [0, 0.1) is 5.82 Å². The number of hydrogen-bond donors (Lipinski definition) is 2. The molecule has 2 amide bonds. The van der Waals surface area contributed by atoms with Crippen molar-refractivity contribution in [2.24, 2.45) is 0 Å². The molecule has 2 aromatic rings. The van der Waals surface area contributed by atoms with Gasteiger partial charge in [-0.25, -0.2) is 9.37 Å². The van der Waals surface area contributed by atoms with E-state index in [2.05, 4.69) is 15.6 Å². The number of hydrogen-bond acceptors (Lipinski definition) is 4. The van der Waals surface area contributed by atoms with E-state index in [-0.39, 0.29) is 24.3 Å². The molecule has 0 aliphatic heterocycles. The smallest absolute Gasteiger partial charge is 0.257 e. The monoisotopic (exact) mass is 321 g/mol. The van der Waals surface area contributed by atoms with Gasteiger partial charge in [-0.1, -0.05) is 0 Å². The molecular formula is C15H16FN3O2S. The number of carbonyl (C=O) groups is 2. The number of amides is 2. The molecule has 0 saturated carbocycles. The van der Waals surface area contributed by atoms with E-state index in [1.165, 1.54) is 35.6 Å². The van der Waals surface area contributed by atoms with Crippen LogP contribution in [-0.4, -0.2) is 22.8 Å². The van der Waals surface area contributed by atoms with Crippen LogP contribution in [0.2, 0.25) is 0 Å². The molecule has 7 heteroatoms. The second kappa shape index (κ2) is 7.13. The molecule has 0 fully saturated rings. The summed E-state index contributed by atoms with van der Waals surface area (Å²) < 4.78 is 12.8. The lowest BCUT2D eigenvalue weighted by atomic mass is 10.2. The lowest BCUT2D eigenvalue weighted by molar-refractivity contribution is -0.120. The summed E-state index contributed by atoms with van der Waals surface area (Å²) in [6.07, 6.45) is 0.168. The first-order valence-electron chi connectivity index (χ1n) is 6.74. The van der Waals surface area contributed by atoms with Gasteiger partial charge < -0.3 is 5.32 Å². The van der Waals surface area contributed by atoms with Gasteiger partial charge >= 0.3 is 0 Å². The highest BCUT2D eigenvalue weighted by atomic mass is 32.1. The summed E-state index contributed by atoms with van der Waals surface area (Å²) in [7, 11) is 0. The molecular weight excluding hydrogens is 305 g/mol. The third kappa shape index (κ3) is 4.63. The zero-order valence-corrected chi connectivity index (χ0v) is 13.0. The Morgan fingerprint density at radius 3 is 2.59 bits per heavy atom. The Hall–Kier alpha value is -2.28. The average Bonchev–Trinajstić information content (AvgIpc) is 2.85. The van der Waals surface area contributed by atoms with Crippen molar-refractivity contribution < 1.29 is 14.0 Å². The molecule has 0 atom stereocenters. The fourth-order valence-electron chi connectivity index (χ4n) is 1.75. The van der Waals surface area contributed by atoms with Gasteiger partial charge in [0.1, 0.15) is 5.82 Å². The quantitative estimate of drug-likeness (QED) is 0.889. The lowest BCUT2D eigenvalue weighted by Crippen LogP contribution is -2.31. The summed E-state index contributed by atoms with van der Waals surface area (Å²) in [5.74, 6) is -0.881. The summed E-state index contributed by atoms with van der Waals surface area (Å²) >= 11 is 1.24. The number of anilines is 1. The van der Waals surface area contributed by atoms with Crippen molar-refractivity contribution in [3.05, 3.63) is 46.7 Å². The predicted molar refractivity (Wildman–Crippen MR) is 83.4 cm³/mol. The highest BCUT2D eigenvalue weighted by molar-refractivity contribution is 7.14. The van der Waals surface area contributed by atoms with Crippen molar-refractivity contribution in [1.82, 2.24) is 10.3 Å². The maximum atomic E-state index is 12.8. The van der Waals surface area contributed by atoms with Gasteiger partial charge in [0.2, 0.25) is 5.91 Å². The number of nitrogens with one attached hydrogen (secondary N) is 2. The van der Waals surface area contributed by atoms with Crippen molar-refractivity contribution in [2.75, 3.05) is 5.32 Å². The fourth-order valence-corrected chi connectivity index (χ4v) is 2.46. The molecule has 1 aromatic carbocycles. The van der Waals surface area contributed by atoms with E-state index in [0.717, 1.165) is 0 Å². The Bertz CT molecular complexity index is 668. The SMILES string of the molecule is CC(C)NC(=O)Cc1csc(NC(=O)c2ccc(F)cc2)n1. The Morgan fingerprint density at radius 2 is 1.95 bits per heavy atom. The number of carbonyl (C=O) groups excluding carboxylic acids is 2. The molecule has 1 aromatic heterocycles. The van der Waals surface area contributed by atoms with Gasteiger partial charge in [0.25, 0.3) is 5.91 Å². The van der Waals surface area contributed by atoms with Crippen molar-refractivity contribution in [2.45, 2.75) is 26.3 Å². The summed E-state index contributed by atoms with van der Waals surface area (Å²) in [5.41, 5.74) is 0.938. The minimum absolute atomic E-state index is 0.0729. The van der Waals surface area contributed by atoms with Crippen LogP contribution in [0.4, 0.5) is 9.52 Å². The second-order valence-electron chi connectivity index (χ2n) is 5.00. The molecule has 0 radical (unpaired) electrons. The van der Waals surface area contributed by atoms with Gasteiger partial charge in [-0.05, 0) is 38.1 Å². The van der Waals surface area contributed by atoms with Crippen molar-refractivity contribution in [3.63, 3.8) is 0 Å². The molecule has 0 bridgehead atoms. The van der Waals surface area contributed by atoms with E-state index >= 15 is 0 Å². The Kier molecular flexibility index (Phi) is 5.21. The molecule has 2 N–H and O–H groups in total. The first kappa shape index (κ1) is 16.1. The molecule has 0 spiro atoms. The summed E-state index contributed by atoms with van der Waals surface area (Å²) in [4.78, 5) is 27.8. The lowest BCUT2D eigenvalue weighted by Gasteiger charge is -2.06. The van der Waals surface area contributed by atoms with Gasteiger partial charge in [0, 0.05) is 17.0 Å². The van der Waals surface area contributed by atoms with Crippen LogP contribution in [0.25, 0.3) is 0 Å². The fraction of sp³-hybridized carbons (Fsp3) is 0.267. The highest BCUT2D eigenvalue weighted by Crippen LogP contribution is 2.17. The third-order valence-corrected chi connectivity index (χ3v) is 3.48. The van der Waals surface area contributed by atoms with Gasteiger partial charge in [0.15, 0.2) is 5.13 Å². The Morgan fingerprint density at radius 1 is 1.27 bits per heavy atom. The standard InChI is InChI=1S/C15H16FN3O2S/c1-9(2)17-13(20)7-12-8-22-15(18-12)19-14(21)10-3-5-11(16)6-4-10/h3-6,8-9H,7H2,1-2H3,(H,17,20)(H,18,19,21). The Labute approximate surface area is 131 Å². The summed E-state index contributed by atoms with van der Waals surface area (Å²) in [6.45, 7) is 3.76. The van der Waals surface area contributed by atoms with E-state index in [4.69, 9.17) is 0 Å². The minimum Gasteiger partial charge on any atom is -0.354 e. The van der Waals surface area contributed by atoms with Crippen LogP contribution >= 0.6 is 11.3 Å². The maximum absolute atomic E-state index is 12.8. The van der Waals surface area contributed by atoms with Crippen molar-refractivity contribution in [3.8, 4) is 0 Å². The van der Waals surface area contributed by atoms with Crippen molar-refractivity contribution >= 4 is 28.3 Å². The number of thiazole rings is 1. The first-order chi connectivity index (χ1) is 10.4. The van der Waals surface area contributed by atoms with E-state index in [1.807, 2.05) is 13.8 Å². The van der Waals surface area contributed by atoms with Gasteiger partial charge in [-0.3, -0.25) is 14.9 Å². The predicted octanol–water partition coefficient (Wildman–Crippen LogP) is 2.60. The molecule has 116 valence electrons. The largest absolute Gasteiger partial charge is 0.354 e. The van der Waals surface area contributed by atoms with Crippen LogP contribution < -0.4 is 10.6 Å². The highest BCUT2D eigenvalue weighted by Gasteiger charge is 2.11. The van der Waals surface area contributed by atoms with E-state index in [0.29, 0.717) is 16.4 Å². The molecule has 0 saturated heterocycles. The first-order valence-corrected chi connectivity index (χ1v) is 7.62. The number of nitrogens with zero attached hydrogens (tertiary/aromatic N) is 1. The Balaban J connectivity index is 1.95. The van der Waals surface area contributed by atoms with E-state index in [1.54, 1.807) is 5.38 Å². The van der Waals surface area contributed by atoms with Crippen molar-refractivity contribution in [1.29, 1.82) is 0 Å². The zero-order valence-electron chi connectivity index (χ0n) is 12.2. The number of halogens is 1. The van der Waals surface area contributed by atoms with Crippen LogP contribution in [-0.2, 0) is 11.2 Å². The molecule has 0 aliphatic rings. The summed E-state index contributed by atoms with van der Waals surface area (Å²) in [5, 5.41) is 7.53. The molecule has 1 heterocycles. The van der Waals surface area contributed by atoms with Crippen LogP contribution in [0.1, 0.15) is 29.9 Å². The minimum atomic E-state index is -0.399.